The molecule has 3 nitrogen and oxygen atoms in total. The van der Waals surface area contributed by atoms with Crippen LogP contribution >= 0.6 is 50.1 Å². The van der Waals surface area contributed by atoms with Crippen molar-refractivity contribution in [1.82, 2.24) is 10.2 Å². The van der Waals surface area contributed by atoms with Gasteiger partial charge in [-0.25, -0.2) is 0 Å². The summed E-state index contributed by atoms with van der Waals surface area (Å²) in [5.74, 6) is 0. The maximum absolute atomic E-state index is 5.80. The molecule has 0 saturated heterocycles. The number of thiol groups is 3. The van der Waals surface area contributed by atoms with E-state index in [0.29, 0.717) is 25.0 Å². The minimum absolute atomic E-state index is 0.494. The minimum atomic E-state index is 0.494. The third-order valence-electron chi connectivity index (χ3n) is 1.99. The molecule has 2 rings (SSSR count). The number of rotatable bonds is 0. The van der Waals surface area contributed by atoms with E-state index in [0.717, 1.165) is 10.9 Å². The molecule has 0 saturated carbocycles. The highest BCUT2D eigenvalue weighted by Crippen LogP contribution is 2.38. The first-order chi connectivity index (χ1) is 6.54. The molecular formula is C7H7N3S4. The number of hydrogen-bond acceptors (Lipinski definition) is 5. The lowest BCUT2D eigenvalue weighted by Crippen LogP contribution is -1.91. The van der Waals surface area contributed by atoms with Crippen LogP contribution in [0, 0.1) is 4.64 Å². The molecule has 1 aromatic heterocycles. The van der Waals surface area contributed by atoms with Gasteiger partial charge in [-0.2, -0.15) is 0 Å². The van der Waals surface area contributed by atoms with Crippen LogP contribution in [-0.4, -0.2) is 10.2 Å². The van der Waals surface area contributed by atoms with Gasteiger partial charge in [-0.15, -0.1) is 37.9 Å². The highest BCUT2D eigenvalue weighted by molar-refractivity contribution is 7.84. The molecule has 0 spiro atoms. The first-order valence-corrected chi connectivity index (χ1v) is 5.41. The molecule has 2 aromatic rings. The number of H-pyrrole nitrogens is 2. The third kappa shape index (κ3) is 1.27. The van der Waals surface area contributed by atoms with E-state index in [1.54, 1.807) is 0 Å². The molecule has 14 heavy (non-hydrogen) atoms. The van der Waals surface area contributed by atoms with Gasteiger partial charge < -0.3 is 5.73 Å². The number of aromatic amines is 2. The molecule has 0 atom stereocenters. The van der Waals surface area contributed by atoms with Gasteiger partial charge in [-0.1, -0.05) is 12.2 Å². The SMILES string of the molecule is Nc1c(S)c(S)c2[nH][nH]c(=S)c2c1S. The van der Waals surface area contributed by atoms with Gasteiger partial charge in [0.1, 0.15) is 4.64 Å². The fourth-order valence-electron chi connectivity index (χ4n) is 1.25. The molecule has 74 valence electrons. The molecule has 1 aromatic carbocycles. The quantitative estimate of drug-likeness (QED) is 0.251. The molecule has 7 heteroatoms. The topological polar surface area (TPSA) is 57.6 Å². The van der Waals surface area contributed by atoms with E-state index >= 15 is 0 Å². The lowest BCUT2D eigenvalue weighted by Gasteiger charge is -2.07. The normalized spacial score (nSPS) is 11.1. The van der Waals surface area contributed by atoms with Crippen LogP contribution in [0.3, 0.4) is 0 Å². The highest BCUT2D eigenvalue weighted by atomic mass is 32.1. The van der Waals surface area contributed by atoms with Crippen molar-refractivity contribution < 1.29 is 0 Å². The lowest BCUT2D eigenvalue weighted by atomic mass is 10.2. The molecule has 0 aliphatic rings. The minimum Gasteiger partial charge on any atom is -0.397 e. The molecule has 0 amide bonds. The second-order valence-corrected chi connectivity index (χ2v) is 4.54. The Balaban J connectivity index is 3.13. The summed E-state index contributed by atoms with van der Waals surface area (Å²) < 4.78 is 0.570. The summed E-state index contributed by atoms with van der Waals surface area (Å²) in [6.45, 7) is 0. The molecule has 0 aliphatic carbocycles. The van der Waals surface area contributed by atoms with E-state index in [-0.39, 0.29) is 0 Å². The summed E-state index contributed by atoms with van der Waals surface area (Å²) in [5.41, 5.74) is 7.08. The lowest BCUT2D eigenvalue weighted by molar-refractivity contribution is 1.09. The molecule has 0 fully saturated rings. The van der Waals surface area contributed by atoms with Crippen molar-refractivity contribution in [3.63, 3.8) is 0 Å². The number of nitrogen functional groups attached to an aromatic ring is 1. The van der Waals surface area contributed by atoms with Crippen molar-refractivity contribution >= 4 is 66.7 Å². The number of aromatic nitrogens is 2. The van der Waals surface area contributed by atoms with Gasteiger partial charge in [0.25, 0.3) is 0 Å². The van der Waals surface area contributed by atoms with Crippen molar-refractivity contribution in [2.24, 2.45) is 0 Å². The Labute approximate surface area is 102 Å². The first kappa shape index (κ1) is 10.3. The van der Waals surface area contributed by atoms with Gasteiger partial charge in [-0.3, -0.25) is 10.2 Å². The van der Waals surface area contributed by atoms with Gasteiger partial charge in [0, 0.05) is 14.7 Å². The van der Waals surface area contributed by atoms with Crippen molar-refractivity contribution in [3.05, 3.63) is 4.64 Å². The Morgan fingerprint density at radius 2 is 1.64 bits per heavy atom. The average molecular weight is 261 g/mol. The summed E-state index contributed by atoms with van der Waals surface area (Å²) in [7, 11) is 0. The van der Waals surface area contributed by atoms with Crippen LogP contribution in [0.2, 0.25) is 0 Å². The number of benzene rings is 1. The van der Waals surface area contributed by atoms with E-state index in [4.69, 9.17) is 18.0 Å². The molecule has 0 aliphatic heterocycles. The van der Waals surface area contributed by atoms with E-state index in [9.17, 15) is 0 Å². The van der Waals surface area contributed by atoms with E-state index in [2.05, 4.69) is 48.1 Å². The smallest absolute Gasteiger partial charge is 0.128 e. The van der Waals surface area contributed by atoms with Crippen LogP contribution in [0.15, 0.2) is 14.7 Å². The van der Waals surface area contributed by atoms with Crippen LogP contribution < -0.4 is 5.73 Å². The average Bonchev–Trinajstić information content (AvgIpc) is 2.54. The fourth-order valence-corrected chi connectivity index (χ4v) is 2.52. The van der Waals surface area contributed by atoms with Gasteiger partial charge in [0.15, 0.2) is 0 Å². The van der Waals surface area contributed by atoms with Crippen molar-refractivity contribution in [2.45, 2.75) is 14.7 Å². The summed E-state index contributed by atoms with van der Waals surface area (Å²) >= 11 is 17.9. The number of nitrogens with two attached hydrogens (primary N) is 1. The van der Waals surface area contributed by atoms with Crippen molar-refractivity contribution in [1.29, 1.82) is 0 Å². The van der Waals surface area contributed by atoms with Crippen LogP contribution in [0.4, 0.5) is 5.69 Å². The number of hydrogen-bond donors (Lipinski definition) is 6. The van der Waals surface area contributed by atoms with Gasteiger partial charge in [0.2, 0.25) is 0 Å². The van der Waals surface area contributed by atoms with Crippen LogP contribution in [0.5, 0.6) is 0 Å². The largest absolute Gasteiger partial charge is 0.397 e. The Kier molecular flexibility index (Phi) is 2.50. The molecule has 0 unspecified atom stereocenters. The highest BCUT2D eigenvalue weighted by Gasteiger charge is 2.13. The standard InChI is InChI=1S/C7H7N3S4/c8-2-4(11)1-3(6(13)5(2)12)9-10-7(1)14/h11-13H,8H2,(H2,9,10,14). The van der Waals surface area contributed by atoms with Crippen LogP contribution in [0.25, 0.3) is 10.9 Å². The summed E-state index contributed by atoms with van der Waals surface area (Å²) in [6.07, 6.45) is 0. The van der Waals surface area contributed by atoms with Gasteiger partial charge in [0.05, 0.1) is 16.6 Å². The fraction of sp³-hybridized carbons (Fsp3) is 0. The number of anilines is 1. The molecule has 4 N–H and O–H groups in total. The zero-order valence-corrected chi connectivity index (χ0v) is 10.3. The Bertz CT molecular complexity index is 568. The molecule has 1 heterocycles. The van der Waals surface area contributed by atoms with E-state index < -0.39 is 0 Å². The molecular weight excluding hydrogens is 254 g/mol. The Hall–Kier alpha value is -0.240. The third-order valence-corrected chi connectivity index (χ3v) is 3.85. The van der Waals surface area contributed by atoms with Crippen LogP contribution in [-0.2, 0) is 0 Å². The second-order valence-electron chi connectivity index (χ2n) is 2.79. The zero-order valence-electron chi connectivity index (χ0n) is 6.83. The molecule has 0 radical (unpaired) electrons. The summed E-state index contributed by atoms with van der Waals surface area (Å²) in [5, 5.41) is 6.50. The van der Waals surface area contributed by atoms with Crippen molar-refractivity contribution in [3.8, 4) is 0 Å². The monoisotopic (exact) mass is 261 g/mol. The summed E-state index contributed by atoms with van der Waals surface area (Å²) in [4.78, 5) is 1.91. The Morgan fingerprint density at radius 1 is 1.00 bits per heavy atom. The molecule has 0 bridgehead atoms. The zero-order chi connectivity index (χ0) is 10.5. The Morgan fingerprint density at radius 3 is 2.29 bits per heavy atom. The van der Waals surface area contributed by atoms with Gasteiger partial charge >= 0.3 is 0 Å². The predicted molar refractivity (Wildman–Crippen MR) is 69.7 cm³/mol. The summed E-state index contributed by atoms with van der Waals surface area (Å²) in [6, 6.07) is 0. The predicted octanol–water partition coefficient (Wildman–Crippen LogP) is 2.67. The van der Waals surface area contributed by atoms with E-state index in [1.807, 2.05) is 0 Å². The van der Waals surface area contributed by atoms with Crippen molar-refractivity contribution in [2.75, 3.05) is 5.73 Å². The maximum Gasteiger partial charge on any atom is 0.128 e. The van der Waals surface area contributed by atoms with Crippen LogP contribution in [0.1, 0.15) is 0 Å². The number of fused-ring (bicyclic) bond motifs is 1. The first-order valence-electron chi connectivity index (χ1n) is 3.66. The maximum atomic E-state index is 5.80. The van der Waals surface area contributed by atoms with E-state index in [1.165, 1.54) is 0 Å². The van der Waals surface area contributed by atoms with Gasteiger partial charge in [-0.05, 0) is 0 Å². The number of nitrogens with one attached hydrogen (secondary N) is 2. The second kappa shape index (κ2) is 3.41.